The van der Waals surface area contributed by atoms with E-state index in [1.165, 1.54) is 18.4 Å². The fraction of sp³-hybridized carbons (Fsp3) is 0.471. The van der Waals surface area contributed by atoms with Crippen molar-refractivity contribution < 1.29 is 9.47 Å². The second-order valence-corrected chi connectivity index (χ2v) is 5.24. The van der Waals surface area contributed by atoms with E-state index in [2.05, 4.69) is 24.3 Å². The Morgan fingerprint density at radius 2 is 2.05 bits per heavy atom. The van der Waals surface area contributed by atoms with Gasteiger partial charge in [0.05, 0.1) is 20.4 Å². The lowest BCUT2D eigenvalue weighted by Crippen LogP contribution is -2.15. The summed E-state index contributed by atoms with van der Waals surface area (Å²) in [5.41, 5.74) is 3.24. The number of nitrogens with zero attached hydrogens (tertiary/aromatic N) is 2. The van der Waals surface area contributed by atoms with Crippen LogP contribution in [0.25, 0.3) is 5.69 Å². The van der Waals surface area contributed by atoms with Crippen LogP contribution in [0.3, 0.4) is 0 Å². The monoisotopic (exact) mass is 303 g/mol. The largest absolute Gasteiger partial charge is 0.497 e. The van der Waals surface area contributed by atoms with Crippen molar-refractivity contribution in [1.82, 2.24) is 15.1 Å². The summed E-state index contributed by atoms with van der Waals surface area (Å²) in [5, 5.41) is 7.96. The van der Waals surface area contributed by atoms with E-state index >= 15 is 0 Å². The number of hydrogen-bond donors (Lipinski definition) is 1. The molecular weight excluding hydrogens is 278 g/mol. The van der Waals surface area contributed by atoms with E-state index in [4.69, 9.17) is 9.47 Å². The molecule has 0 saturated carbocycles. The molecule has 1 N–H and O–H groups in total. The van der Waals surface area contributed by atoms with Crippen LogP contribution in [0.5, 0.6) is 11.5 Å². The lowest BCUT2D eigenvalue weighted by Gasteiger charge is -2.12. The minimum atomic E-state index is 0.746. The summed E-state index contributed by atoms with van der Waals surface area (Å²) in [5.74, 6) is 1.52. The van der Waals surface area contributed by atoms with Crippen molar-refractivity contribution in [2.45, 2.75) is 33.2 Å². The zero-order valence-electron chi connectivity index (χ0n) is 13.8. The maximum Gasteiger partial charge on any atom is 0.148 e. The fourth-order valence-corrected chi connectivity index (χ4v) is 2.34. The average Bonchev–Trinajstić information content (AvgIpc) is 2.91. The molecule has 0 atom stereocenters. The van der Waals surface area contributed by atoms with E-state index < -0.39 is 0 Å². The second kappa shape index (κ2) is 7.84. The molecule has 1 heterocycles. The van der Waals surface area contributed by atoms with Gasteiger partial charge in [0.25, 0.3) is 0 Å². The van der Waals surface area contributed by atoms with Crippen LogP contribution >= 0.6 is 0 Å². The van der Waals surface area contributed by atoms with Crippen LogP contribution in [0.15, 0.2) is 24.4 Å². The molecule has 0 bridgehead atoms. The van der Waals surface area contributed by atoms with Crippen LogP contribution in [0.2, 0.25) is 0 Å². The van der Waals surface area contributed by atoms with E-state index in [1.54, 1.807) is 14.2 Å². The third kappa shape index (κ3) is 3.60. The zero-order chi connectivity index (χ0) is 15.9. The fourth-order valence-electron chi connectivity index (χ4n) is 2.34. The maximum atomic E-state index is 5.46. The van der Waals surface area contributed by atoms with Crippen molar-refractivity contribution in [2.75, 3.05) is 20.8 Å². The Balaban J connectivity index is 2.21. The number of nitrogens with one attached hydrogen (secondary N) is 1. The summed E-state index contributed by atoms with van der Waals surface area (Å²) < 4.78 is 12.6. The lowest BCUT2D eigenvalue weighted by atomic mass is 10.2. The summed E-state index contributed by atoms with van der Waals surface area (Å²) >= 11 is 0. The van der Waals surface area contributed by atoms with Crippen LogP contribution in [0.4, 0.5) is 0 Å². The Labute approximate surface area is 132 Å². The molecule has 0 aliphatic carbocycles. The van der Waals surface area contributed by atoms with Gasteiger partial charge in [-0.25, -0.2) is 4.68 Å². The van der Waals surface area contributed by atoms with Crippen LogP contribution in [-0.2, 0) is 6.54 Å². The minimum Gasteiger partial charge on any atom is -0.497 e. The highest BCUT2D eigenvalue weighted by atomic mass is 16.5. The number of hydrogen-bond acceptors (Lipinski definition) is 4. The summed E-state index contributed by atoms with van der Waals surface area (Å²) in [6, 6.07) is 5.75. The molecule has 0 unspecified atom stereocenters. The van der Waals surface area contributed by atoms with E-state index in [0.717, 1.165) is 36.0 Å². The van der Waals surface area contributed by atoms with Crippen LogP contribution in [0, 0.1) is 6.92 Å². The number of ether oxygens (including phenoxy) is 2. The molecule has 5 heteroatoms. The first-order valence-electron chi connectivity index (χ1n) is 7.67. The number of methoxy groups -OCH3 is 2. The van der Waals surface area contributed by atoms with E-state index in [-0.39, 0.29) is 0 Å². The quantitative estimate of drug-likeness (QED) is 0.761. The van der Waals surface area contributed by atoms with Crippen molar-refractivity contribution in [3.8, 4) is 17.2 Å². The molecule has 1 aromatic heterocycles. The van der Waals surface area contributed by atoms with Gasteiger partial charge in [-0.05, 0) is 32.0 Å². The highest BCUT2D eigenvalue weighted by Gasteiger charge is 2.12. The van der Waals surface area contributed by atoms with Crippen molar-refractivity contribution >= 4 is 0 Å². The standard InChI is InChI=1S/C17H25N3O2/c1-5-6-9-18-11-14-12-19-20(13(14)2)16-8-7-15(21-3)10-17(16)22-4/h7-8,10,12,18H,5-6,9,11H2,1-4H3. The van der Waals surface area contributed by atoms with Crippen molar-refractivity contribution in [3.05, 3.63) is 35.7 Å². The Hall–Kier alpha value is -2.01. The third-order valence-corrected chi connectivity index (χ3v) is 3.75. The van der Waals surface area contributed by atoms with Gasteiger partial charge in [0.15, 0.2) is 0 Å². The molecule has 5 nitrogen and oxygen atoms in total. The zero-order valence-corrected chi connectivity index (χ0v) is 13.8. The second-order valence-electron chi connectivity index (χ2n) is 5.24. The van der Waals surface area contributed by atoms with Gasteiger partial charge in [-0.2, -0.15) is 5.10 Å². The number of aromatic nitrogens is 2. The van der Waals surface area contributed by atoms with Crippen molar-refractivity contribution in [1.29, 1.82) is 0 Å². The maximum absolute atomic E-state index is 5.46. The van der Waals surface area contributed by atoms with Crippen LogP contribution in [0.1, 0.15) is 31.0 Å². The Kier molecular flexibility index (Phi) is 5.83. The smallest absolute Gasteiger partial charge is 0.148 e. The van der Waals surface area contributed by atoms with Crippen molar-refractivity contribution in [3.63, 3.8) is 0 Å². The third-order valence-electron chi connectivity index (χ3n) is 3.75. The first-order valence-corrected chi connectivity index (χ1v) is 7.67. The number of benzene rings is 1. The summed E-state index contributed by atoms with van der Waals surface area (Å²) in [6.07, 6.45) is 4.31. The molecule has 22 heavy (non-hydrogen) atoms. The molecule has 120 valence electrons. The highest BCUT2D eigenvalue weighted by Crippen LogP contribution is 2.28. The molecule has 0 aliphatic rings. The van der Waals surface area contributed by atoms with Crippen molar-refractivity contribution in [2.24, 2.45) is 0 Å². The number of rotatable bonds is 8. The molecule has 0 radical (unpaired) electrons. The topological polar surface area (TPSA) is 48.3 Å². The van der Waals surface area contributed by atoms with Gasteiger partial charge in [-0.15, -0.1) is 0 Å². The molecule has 1 aromatic carbocycles. The van der Waals surface area contributed by atoms with Crippen LogP contribution in [-0.4, -0.2) is 30.5 Å². The molecule has 2 rings (SSSR count). The van der Waals surface area contributed by atoms with Gasteiger partial charge in [0.1, 0.15) is 17.2 Å². The average molecular weight is 303 g/mol. The first-order chi connectivity index (χ1) is 10.7. The summed E-state index contributed by atoms with van der Waals surface area (Å²) in [7, 11) is 3.30. The minimum absolute atomic E-state index is 0.746. The van der Waals surface area contributed by atoms with Gasteiger partial charge in [0, 0.05) is 23.9 Å². The molecule has 0 fully saturated rings. The summed E-state index contributed by atoms with van der Waals surface area (Å²) in [6.45, 7) is 6.14. The lowest BCUT2D eigenvalue weighted by molar-refractivity contribution is 0.392. The normalized spacial score (nSPS) is 10.7. The van der Waals surface area contributed by atoms with Gasteiger partial charge in [-0.3, -0.25) is 0 Å². The van der Waals surface area contributed by atoms with E-state index in [0.29, 0.717) is 0 Å². The van der Waals surface area contributed by atoms with Gasteiger partial charge >= 0.3 is 0 Å². The van der Waals surface area contributed by atoms with E-state index in [1.807, 2.05) is 29.1 Å². The molecular formula is C17H25N3O2. The van der Waals surface area contributed by atoms with Gasteiger partial charge in [0.2, 0.25) is 0 Å². The Bertz CT molecular complexity index is 608. The Morgan fingerprint density at radius 3 is 2.73 bits per heavy atom. The molecule has 0 aliphatic heterocycles. The van der Waals surface area contributed by atoms with Gasteiger partial charge in [-0.1, -0.05) is 13.3 Å². The number of unbranched alkanes of at least 4 members (excludes halogenated alkanes) is 1. The van der Waals surface area contributed by atoms with Crippen LogP contribution < -0.4 is 14.8 Å². The Morgan fingerprint density at radius 1 is 1.23 bits per heavy atom. The SMILES string of the molecule is CCCCNCc1cnn(-c2ccc(OC)cc2OC)c1C. The van der Waals surface area contributed by atoms with E-state index in [9.17, 15) is 0 Å². The highest BCUT2D eigenvalue weighted by molar-refractivity contribution is 5.51. The molecule has 0 amide bonds. The molecule has 0 spiro atoms. The molecule has 0 saturated heterocycles. The predicted molar refractivity (Wildman–Crippen MR) is 88.0 cm³/mol. The summed E-state index contributed by atoms with van der Waals surface area (Å²) in [4.78, 5) is 0. The molecule has 2 aromatic rings. The van der Waals surface area contributed by atoms with Gasteiger partial charge < -0.3 is 14.8 Å². The first kappa shape index (κ1) is 16.4. The predicted octanol–water partition coefficient (Wildman–Crippen LogP) is 3.09.